The van der Waals surface area contributed by atoms with Gasteiger partial charge in [0.05, 0.1) is 7.11 Å². The van der Waals surface area contributed by atoms with Crippen LogP contribution in [0.3, 0.4) is 0 Å². The van der Waals surface area contributed by atoms with Crippen molar-refractivity contribution in [2.24, 2.45) is 7.05 Å². The van der Waals surface area contributed by atoms with E-state index in [9.17, 15) is 4.79 Å². The second-order valence-electron chi connectivity index (χ2n) is 6.64. The second kappa shape index (κ2) is 7.56. The average Bonchev–Trinajstić information content (AvgIpc) is 3.17. The van der Waals surface area contributed by atoms with Crippen LogP contribution in [0.4, 0.5) is 0 Å². The highest BCUT2D eigenvalue weighted by molar-refractivity contribution is 5.98. The van der Waals surface area contributed by atoms with E-state index >= 15 is 0 Å². The van der Waals surface area contributed by atoms with Crippen LogP contribution in [-0.4, -0.2) is 22.6 Å². The Hall–Kier alpha value is -3.60. The van der Waals surface area contributed by atoms with Crippen molar-refractivity contribution in [2.45, 2.75) is 6.04 Å². The maximum Gasteiger partial charge on any atom is 0.252 e. The van der Waals surface area contributed by atoms with E-state index in [0.29, 0.717) is 5.56 Å². The predicted molar refractivity (Wildman–Crippen MR) is 109 cm³/mol. The quantitative estimate of drug-likeness (QED) is 0.575. The van der Waals surface area contributed by atoms with Gasteiger partial charge in [-0.15, -0.1) is 0 Å². The van der Waals surface area contributed by atoms with Crippen molar-refractivity contribution >= 4 is 16.7 Å². The smallest absolute Gasteiger partial charge is 0.252 e. The Kier molecular flexibility index (Phi) is 4.81. The number of hydrogen-bond acceptors (Lipinski definition) is 3. The summed E-state index contributed by atoms with van der Waals surface area (Å²) in [5, 5.41) is 5.27. The number of aromatic nitrogens is 2. The fourth-order valence-corrected chi connectivity index (χ4v) is 3.29. The van der Waals surface area contributed by atoms with Gasteiger partial charge in [-0.1, -0.05) is 42.5 Å². The molecule has 28 heavy (non-hydrogen) atoms. The molecule has 1 aromatic heterocycles. The largest absolute Gasteiger partial charge is 0.497 e. The number of aryl methyl sites for hydroxylation is 1. The summed E-state index contributed by atoms with van der Waals surface area (Å²) >= 11 is 0. The lowest BCUT2D eigenvalue weighted by Crippen LogP contribution is -2.31. The summed E-state index contributed by atoms with van der Waals surface area (Å²) in [4.78, 5) is 17.5. The molecule has 1 atom stereocenters. The van der Waals surface area contributed by atoms with Crippen LogP contribution < -0.4 is 10.1 Å². The van der Waals surface area contributed by atoms with Crippen LogP contribution in [0.2, 0.25) is 0 Å². The number of amides is 1. The topological polar surface area (TPSA) is 56.1 Å². The van der Waals surface area contributed by atoms with E-state index in [4.69, 9.17) is 4.74 Å². The zero-order valence-corrected chi connectivity index (χ0v) is 15.8. The van der Waals surface area contributed by atoms with Crippen LogP contribution in [0.15, 0.2) is 79.1 Å². The fourth-order valence-electron chi connectivity index (χ4n) is 3.29. The minimum Gasteiger partial charge on any atom is -0.497 e. The maximum atomic E-state index is 13.0. The first-order chi connectivity index (χ1) is 13.7. The number of benzene rings is 3. The molecule has 1 amide bonds. The SMILES string of the molecule is COc1ccc(C(NC(=O)c2ccc3ccccc3c2)c2nccn2C)cc1. The lowest BCUT2D eigenvalue weighted by Gasteiger charge is -2.19. The fraction of sp³-hybridized carbons (Fsp3) is 0.130. The summed E-state index contributed by atoms with van der Waals surface area (Å²) in [7, 11) is 3.55. The number of nitrogens with one attached hydrogen (secondary N) is 1. The standard InChI is InChI=1S/C23H21N3O2/c1-26-14-13-24-22(26)21(17-9-11-20(28-2)12-10-17)25-23(27)19-8-7-16-5-3-4-6-18(16)15-19/h3-15,21H,1-2H3,(H,25,27). The molecule has 0 aliphatic rings. The van der Waals surface area contributed by atoms with Gasteiger partial charge < -0.3 is 14.6 Å². The van der Waals surface area contributed by atoms with Crippen molar-refractivity contribution in [3.63, 3.8) is 0 Å². The van der Waals surface area contributed by atoms with E-state index < -0.39 is 0 Å². The maximum absolute atomic E-state index is 13.0. The number of imidazole rings is 1. The van der Waals surface area contributed by atoms with Crippen LogP contribution in [0.5, 0.6) is 5.75 Å². The Morgan fingerprint density at radius 3 is 2.46 bits per heavy atom. The zero-order valence-electron chi connectivity index (χ0n) is 15.8. The van der Waals surface area contributed by atoms with Gasteiger partial charge >= 0.3 is 0 Å². The first-order valence-corrected chi connectivity index (χ1v) is 9.06. The van der Waals surface area contributed by atoms with Gasteiger partial charge in [-0.25, -0.2) is 4.98 Å². The second-order valence-corrected chi connectivity index (χ2v) is 6.64. The molecule has 5 nitrogen and oxygen atoms in total. The first kappa shape index (κ1) is 17.8. The van der Waals surface area contributed by atoms with E-state index in [0.717, 1.165) is 27.9 Å². The third-order valence-corrected chi connectivity index (χ3v) is 4.85. The van der Waals surface area contributed by atoms with Crippen LogP contribution in [0.1, 0.15) is 27.8 Å². The number of ether oxygens (including phenoxy) is 1. The molecule has 0 aliphatic heterocycles. The van der Waals surface area contributed by atoms with Gasteiger partial charge in [0.25, 0.3) is 5.91 Å². The van der Waals surface area contributed by atoms with Crippen molar-refractivity contribution in [1.29, 1.82) is 0 Å². The van der Waals surface area contributed by atoms with Gasteiger partial charge in [-0.2, -0.15) is 0 Å². The number of carbonyl (C=O) groups excluding carboxylic acids is 1. The lowest BCUT2D eigenvalue weighted by molar-refractivity contribution is 0.0941. The van der Waals surface area contributed by atoms with Gasteiger partial charge in [0.1, 0.15) is 17.6 Å². The average molecular weight is 371 g/mol. The van der Waals surface area contributed by atoms with Gasteiger partial charge in [-0.05, 0) is 40.6 Å². The summed E-state index contributed by atoms with van der Waals surface area (Å²) in [5.74, 6) is 1.39. The molecule has 4 rings (SSSR count). The van der Waals surface area contributed by atoms with Crippen molar-refractivity contribution in [2.75, 3.05) is 7.11 Å². The molecule has 3 aromatic carbocycles. The van der Waals surface area contributed by atoms with E-state index in [1.165, 1.54) is 0 Å². The van der Waals surface area contributed by atoms with Crippen LogP contribution in [0, 0.1) is 0 Å². The number of methoxy groups -OCH3 is 1. The van der Waals surface area contributed by atoms with Gasteiger partial charge in [0.2, 0.25) is 0 Å². The molecule has 1 N–H and O–H groups in total. The molecule has 140 valence electrons. The number of rotatable bonds is 5. The summed E-state index contributed by atoms with van der Waals surface area (Å²) in [5.41, 5.74) is 1.55. The summed E-state index contributed by atoms with van der Waals surface area (Å²) in [6.45, 7) is 0. The molecule has 1 unspecified atom stereocenters. The highest BCUT2D eigenvalue weighted by atomic mass is 16.5. The monoisotopic (exact) mass is 371 g/mol. The van der Waals surface area contributed by atoms with E-state index in [2.05, 4.69) is 10.3 Å². The minimum atomic E-state index is -0.370. The Morgan fingerprint density at radius 2 is 1.79 bits per heavy atom. The van der Waals surface area contributed by atoms with Crippen molar-refractivity contribution in [1.82, 2.24) is 14.9 Å². The Labute approximate surface area is 163 Å². The van der Waals surface area contributed by atoms with Crippen LogP contribution >= 0.6 is 0 Å². The molecule has 0 aliphatic carbocycles. The number of nitrogens with zero attached hydrogens (tertiary/aromatic N) is 2. The van der Waals surface area contributed by atoms with E-state index in [1.807, 2.05) is 84.5 Å². The highest BCUT2D eigenvalue weighted by Gasteiger charge is 2.21. The third kappa shape index (κ3) is 3.47. The first-order valence-electron chi connectivity index (χ1n) is 9.06. The number of hydrogen-bond donors (Lipinski definition) is 1. The Bertz CT molecular complexity index is 1120. The Morgan fingerprint density at radius 1 is 1.04 bits per heavy atom. The molecule has 5 heteroatoms. The molecule has 0 saturated heterocycles. The molecule has 0 fully saturated rings. The molecule has 0 spiro atoms. The lowest BCUT2D eigenvalue weighted by atomic mass is 10.0. The zero-order chi connectivity index (χ0) is 19.5. The van der Waals surface area contributed by atoms with Crippen LogP contribution in [-0.2, 0) is 7.05 Å². The molecule has 0 radical (unpaired) electrons. The molecule has 4 aromatic rings. The molecule has 1 heterocycles. The van der Waals surface area contributed by atoms with Crippen molar-refractivity contribution in [3.05, 3.63) is 96.1 Å². The summed E-state index contributed by atoms with van der Waals surface area (Å²) in [6.07, 6.45) is 3.60. The van der Waals surface area contributed by atoms with Gasteiger partial charge in [0, 0.05) is 25.0 Å². The van der Waals surface area contributed by atoms with Gasteiger partial charge in [0.15, 0.2) is 0 Å². The molecule has 0 bridgehead atoms. The predicted octanol–water partition coefficient (Wildman–Crippen LogP) is 4.10. The Balaban J connectivity index is 1.67. The summed E-state index contributed by atoms with van der Waals surface area (Å²) < 4.78 is 7.16. The minimum absolute atomic E-state index is 0.144. The third-order valence-electron chi connectivity index (χ3n) is 4.85. The molecular formula is C23H21N3O2. The number of fused-ring (bicyclic) bond motifs is 1. The molecular weight excluding hydrogens is 350 g/mol. The van der Waals surface area contributed by atoms with Gasteiger partial charge in [-0.3, -0.25) is 4.79 Å². The molecule has 0 saturated carbocycles. The number of carbonyl (C=O) groups is 1. The van der Waals surface area contributed by atoms with Crippen LogP contribution in [0.25, 0.3) is 10.8 Å². The van der Waals surface area contributed by atoms with E-state index in [-0.39, 0.29) is 11.9 Å². The van der Waals surface area contributed by atoms with Crippen molar-refractivity contribution in [3.8, 4) is 5.75 Å². The van der Waals surface area contributed by atoms with E-state index in [1.54, 1.807) is 13.3 Å². The normalized spacial score (nSPS) is 11.9. The summed E-state index contributed by atoms with van der Waals surface area (Å²) in [6, 6.07) is 21.0. The highest BCUT2D eigenvalue weighted by Crippen LogP contribution is 2.24. The van der Waals surface area contributed by atoms with Crippen molar-refractivity contribution < 1.29 is 9.53 Å².